The summed E-state index contributed by atoms with van der Waals surface area (Å²) in [5.74, 6) is -1.26. The summed E-state index contributed by atoms with van der Waals surface area (Å²) in [7, 11) is 0. The van der Waals surface area contributed by atoms with Crippen LogP contribution in [0.3, 0.4) is 0 Å². The van der Waals surface area contributed by atoms with Crippen molar-refractivity contribution in [1.82, 2.24) is 15.0 Å². The van der Waals surface area contributed by atoms with Crippen LogP contribution in [0.5, 0.6) is 0 Å². The minimum Gasteiger partial charge on any atom is -0.875 e. The number of aromatic nitrogens is 3. The number of nitrogens with zero attached hydrogens (tertiary/aromatic N) is 3. The Bertz CT molecular complexity index is 1190. The average molecular weight is 584 g/mol. The summed E-state index contributed by atoms with van der Waals surface area (Å²) >= 11 is 0. The minimum absolute atomic E-state index is 0. The molecule has 0 spiro atoms. The number of Topliss-reactive ketones (excluding diaryl/α,β-unsaturated/α-hetero) is 3. The standard InChI is InChI=1S/3C10H11NO2.Fe/c3*1-7(12)10(8(2)13)9-3-5-11-6-4-9;/h3*3-6,12H,1-2H3;/q;;;+3/p-3/b3*10-7+;. The molecule has 3 rings (SSSR count). The molecule has 0 atom stereocenters. The van der Waals surface area contributed by atoms with Gasteiger partial charge in [0.1, 0.15) is 0 Å². The first-order valence-electron chi connectivity index (χ1n) is 11.8. The van der Waals surface area contributed by atoms with Crippen molar-refractivity contribution in [1.29, 1.82) is 0 Å². The van der Waals surface area contributed by atoms with Crippen molar-refractivity contribution < 1.29 is 46.8 Å². The molecule has 0 bridgehead atoms. The Labute approximate surface area is 244 Å². The van der Waals surface area contributed by atoms with Crippen LogP contribution in [0.15, 0.2) is 90.9 Å². The van der Waals surface area contributed by atoms with E-state index in [1.165, 1.54) is 41.5 Å². The van der Waals surface area contributed by atoms with Gasteiger partial charge in [0.15, 0.2) is 17.3 Å². The van der Waals surface area contributed by atoms with Gasteiger partial charge in [0.05, 0.1) is 0 Å². The van der Waals surface area contributed by atoms with Gasteiger partial charge in [-0.25, -0.2) is 0 Å². The molecule has 9 nitrogen and oxygen atoms in total. The number of hydrogen-bond acceptors (Lipinski definition) is 9. The van der Waals surface area contributed by atoms with E-state index in [2.05, 4.69) is 15.0 Å². The summed E-state index contributed by atoms with van der Waals surface area (Å²) in [5.41, 5.74) is 2.62. The van der Waals surface area contributed by atoms with Gasteiger partial charge in [0.2, 0.25) is 0 Å². The Balaban J connectivity index is 0.000000563. The van der Waals surface area contributed by atoms with Gasteiger partial charge in [-0.1, -0.05) is 20.8 Å². The molecule has 40 heavy (non-hydrogen) atoms. The summed E-state index contributed by atoms with van der Waals surface area (Å²) < 4.78 is 0. The third-order valence-electron chi connectivity index (χ3n) is 5.02. The minimum atomic E-state index is -0.210. The SMILES string of the molecule is CC(=O)/C(=C(/C)[O-])c1ccncc1.CC(=O)/C(=C(/C)[O-])c1ccncc1.CC(=O)/C(=C(/C)[O-])c1ccncc1.[Fe+3]. The van der Waals surface area contributed by atoms with Gasteiger partial charge >= 0.3 is 17.1 Å². The van der Waals surface area contributed by atoms with E-state index in [4.69, 9.17) is 0 Å². The molecule has 0 amide bonds. The van der Waals surface area contributed by atoms with Gasteiger partial charge in [-0.15, -0.1) is 17.3 Å². The zero-order valence-corrected chi connectivity index (χ0v) is 24.2. The van der Waals surface area contributed by atoms with Crippen LogP contribution in [0.25, 0.3) is 16.7 Å². The summed E-state index contributed by atoms with van der Waals surface area (Å²) in [6, 6.07) is 9.91. The third-order valence-corrected chi connectivity index (χ3v) is 5.02. The maximum Gasteiger partial charge on any atom is 3.00 e. The summed E-state index contributed by atoms with van der Waals surface area (Å²) in [6.07, 6.45) is 9.34. The van der Waals surface area contributed by atoms with Crippen LogP contribution < -0.4 is 15.3 Å². The fraction of sp³-hybridized carbons (Fsp3) is 0.200. The molecule has 3 aromatic rings. The first-order chi connectivity index (χ1) is 18.4. The van der Waals surface area contributed by atoms with Gasteiger partial charge in [-0.2, -0.15) is 0 Å². The smallest absolute Gasteiger partial charge is 0.875 e. The third kappa shape index (κ3) is 11.6. The number of hydrogen-bond donors (Lipinski definition) is 0. The molecule has 0 unspecified atom stereocenters. The second-order valence-corrected chi connectivity index (χ2v) is 8.17. The molecular weight excluding hydrogens is 554 g/mol. The second kappa shape index (κ2) is 18.0. The largest absolute Gasteiger partial charge is 3.00 e. The Kier molecular flexibility index (Phi) is 16.0. The van der Waals surface area contributed by atoms with E-state index in [0.29, 0.717) is 16.7 Å². The molecule has 0 aliphatic heterocycles. The molecule has 0 aliphatic rings. The van der Waals surface area contributed by atoms with Crippen molar-refractivity contribution in [2.45, 2.75) is 41.5 Å². The first kappa shape index (κ1) is 35.6. The molecule has 3 aromatic heterocycles. The Hall–Kier alpha value is -4.40. The fourth-order valence-electron chi connectivity index (χ4n) is 3.52. The van der Waals surface area contributed by atoms with Crippen LogP contribution in [0, 0.1) is 0 Å². The molecule has 10 heteroatoms. The van der Waals surface area contributed by atoms with E-state index in [9.17, 15) is 29.7 Å². The molecule has 1 radical (unpaired) electrons. The number of ketones is 3. The topological polar surface area (TPSA) is 159 Å². The molecule has 0 aromatic carbocycles. The summed E-state index contributed by atoms with van der Waals surface area (Å²) in [6.45, 7) is 8.32. The fourth-order valence-corrected chi connectivity index (χ4v) is 3.52. The van der Waals surface area contributed by atoms with E-state index in [1.54, 1.807) is 73.6 Å². The predicted molar refractivity (Wildman–Crippen MR) is 143 cm³/mol. The predicted octanol–water partition coefficient (Wildman–Crippen LogP) is 2.28. The molecule has 209 valence electrons. The monoisotopic (exact) mass is 584 g/mol. The van der Waals surface area contributed by atoms with Gasteiger partial charge in [0, 0.05) is 53.9 Å². The normalized spacial score (nSPS) is 11.8. The number of pyridine rings is 3. The van der Waals surface area contributed by atoms with Crippen LogP contribution in [0.1, 0.15) is 58.2 Å². The Morgan fingerprint density at radius 1 is 0.450 bits per heavy atom. The van der Waals surface area contributed by atoms with Crippen molar-refractivity contribution in [2.75, 3.05) is 0 Å². The van der Waals surface area contributed by atoms with Crippen molar-refractivity contribution in [3.05, 3.63) is 108 Å². The number of carbonyl (C=O) groups is 3. The maximum atomic E-state index is 11.1. The Morgan fingerprint density at radius 3 is 0.750 bits per heavy atom. The molecular formula is C30H30FeN3O6. The average Bonchev–Trinajstić information content (AvgIpc) is 2.85. The Morgan fingerprint density at radius 2 is 0.625 bits per heavy atom. The maximum absolute atomic E-state index is 11.1. The molecule has 0 saturated carbocycles. The second-order valence-electron chi connectivity index (χ2n) is 8.17. The number of rotatable bonds is 6. The quantitative estimate of drug-likeness (QED) is 0.241. The van der Waals surface area contributed by atoms with Gasteiger partial charge in [-0.3, -0.25) is 29.3 Å². The molecule has 0 saturated heterocycles. The van der Waals surface area contributed by atoms with Crippen molar-refractivity contribution in [2.24, 2.45) is 0 Å². The van der Waals surface area contributed by atoms with E-state index >= 15 is 0 Å². The number of allylic oxidation sites excluding steroid dienone is 6. The van der Waals surface area contributed by atoms with Crippen molar-refractivity contribution >= 4 is 34.1 Å². The molecule has 3 heterocycles. The van der Waals surface area contributed by atoms with Crippen LogP contribution in [0.4, 0.5) is 0 Å². The van der Waals surface area contributed by atoms with Crippen molar-refractivity contribution in [3.63, 3.8) is 0 Å². The van der Waals surface area contributed by atoms with Gasteiger partial charge in [-0.05, 0) is 73.9 Å². The summed E-state index contributed by atoms with van der Waals surface area (Å²) in [5, 5.41) is 33.3. The van der Waals surface area contributed by atoms with Crippen LogP contribution in [0.2, 0.25) is 0 Å². The number of carbonyl (C=O) groups excluding carboxylic acids is 3. The van der Waals surface area contributed by atoms with Gasteiger partial charge in [0.25, 0.3) is 0 Å². The van der Waals surface area contributed by atoms with Gasteiger partial charge < -0.3 is 15.3 Å². The zero-order chi connectivity index (χ0) is 29.5. The first-order valence-corrected chi connectivity index (χ1v) is 11.8. The van der Waals surface area contributed by atoms with E-state index < -0.39 is 0 Å². The molecule has 0 N–H and O–H groups in total. The van der Waals surface area contributed by atoms with Crippen LogP contribution >= 0.6 is 0 Å². The molecule has 0 fully saturated rings. The van der Waals surface area contributed by atoms with Crippen LogP contribution in [-0.2, 0) is 31.5 Å². The van der Waals surface area contributed by atoms with E-state index in [-0.39, 0.29) is 68.4 Å². The van der Waals surface area contributed by atoms with Crippen molar-refractivity contribution in [3.8, 4) is 0 Å². The zero-order valence-electron chi connectivity index (χ0n) is 23.1. The van der Waals surface area contributed by atoms with E-state index in [0.717, 1.165) is 0 Å². The summed E-state index contributed by atoms with van der Waals surface area (Å²) in [4.78, 5) is 44.8. The van der Waals surface area contributed by atoms with Crippen LogP contribution in [-0.4, -0.2) is 32.3 Å². The molecule has 0 aliphatic carbocycles. The van der Waals surface area contributed by atoms with E-state index in [1.807, 2.05) is 0 Å².